The minimum Gasteiger partial charge on any atom is -0.505 e. The van der Waals surface area contributed by atoms with E-state index in [2.05, 4.69) is 21.2 Å². The normalized spacial score (nSPS) is 16.1. The van der Waals surface area contributed by atoms with E-state index in [0.29, 0.717) is 10.2 Å². The van der Waals surface area contributed by atoms with E-state index >= 15 is 0 Å². The molecule has 1 fully saturated rings. The molecule has 92 valence electrons. The van der Waals surface area contributed by atoms with Crippen LogP contribution in [0.25, 0.3) is 0 Å². The van der Waals surface area contributed by atoms with Gasteiger partial charge in [-0.3, -0.25) is 4.79 Å². The Hall–Kier alpha value is -1.03. The van der Waals surface area contributed by atoms with Gasteiger partial charge in [-0.25, -0.2) is 0 Å². The van der Waals surface area contributed by atoms with Crippen LogP contribution in [-0.2, 0) is 4.79 Å². The Morgan fingerprint density at radius 2 is 2.06 bits per heavy atom. The van der Waals surface area contributed by atoms with E-state index in [1.165, 1.54) is 0 Å². The third kappa shape index (κ3) is 2.80. The molecular weight excluding hydrogens is 282 g/mol. The molecule has 0 bridgehead atoms. The molecule has 3 nitrogen and oxygen atoms in total. The van der Waals surface area contributed by atoms with Gasteiger partial charge in [-0.05, 0) is 53.4 Å². The van der Waals surface area contributed by atoms with Gasteiger partial charge in [-0.15, -0.1) is 0 Å². The number of rotatable bonds is 2. The predicted molar refractivity (Wildman–Crippen MR) is 71.1 cm³/mol. The number of halogens is 1. The molecule has 0 saturated heterocycles. The number of aryl methyl sites for hydroxylation is 1. The largest absolute Gasteiger partial charge is 0.505 e. The molecule has 0 aromatic heterocycles. The molecule has 0 spiro atoms. The molecule has 1 aliphatic rings. The number of aromatic hydroxyl groups is 1. The highest BCUT2D eigenvalue weighted by atomic mass is 79.9. The summed E-state index contributed by atoms with van der Waals surface area (Å²) in [5.41, 5.74) is 1.49. The summed E-state index contributed by atoms with van der Waals surface area (Å²) in [6.45, 7) is 1.93. The van der Waals surface area contributed by atoms with E-state index in [9.17, 15) is 9.90 Å². The average molecular weight is 298 g/mol. The number of amides is 1. The van der Waals surface area contributed by atoms with Crippen LogP contribution in [0.2, 0.25) is 0 Å². The fourth-order valence-corrected chi connectivity index (χ4v) is 2.83. The summed E-state index contributed by atoms with van der Waals surface area (Å²) in [4.78, 5) is 12.0. The zero-order valence-electron chi connectivity index (χ0n) is 9.79. The molecule has 0 aliphatic heterocycles. The van der Waals surface area contributed by atoms with E-state index in [0.717, 1.165) is 31.2 Å². The number of phenolic OH excluding ortho intramolecular Hbond substituents is 1. The average Bonchev–Trinajstić information content (AvgIpc) is 2.78. The summed E-state index contributed by atoms with van der Waals surface area (Å²) < 4.78 is 0.610. The highest BCUT2D eigenvalue weighted by Gasteiger charge is 2.23. The van der Waals surface area contributed by atoms with Crippen molar-refractivity contribution in [1.29, 1.82) is 0 Å². The molecule has 1 amide bonds. The van der Waals surface area contributed by atoms with Gasteiger partial charge in [0.1, 0.15) is 0 Å². The van der Waals surface area contributed by atoms with Gasteiger partial charge in [-0.1, -0.05) is 12.8 Å². The Kier molecular flexibility index (Phi) is 3.72. The fraction of sp³-hybridized carbons (Fsp3) is 0.462. The lowest BCUT2D eigenvalue weighted by molar-refractivity contribution is -0.119. The highest BCUT2D eigenvalue weighted by molar-refractivity contribution is 9.10. The lowest BCUT2D eigenvalue weighted by Crippen LogP contribution is -2.20. The lowest BCUT2D eigenvalue weighted by atomic mass is 10.1. The molecule has 0 radical (unpaired) electrons. The van der Waals surface area contributed by atoms with Crippen LogP contribution in [0.1, 0.15) is 31.2 Å². The Labute approximate surface area is 109 Å². The monoisotopic (exact) mass is 297 g/mol. The maximum absolute atomic E-state index is 12.0. The minimum atomic E-state index is 0.0234. The quantitative estimate of drug-likeness (QED) is 0.820. The maximum atomic E-state index is 12.0. The number of phenols is 1. The predicted octanol–water partition coefficient (Wildman–Crippen LogP) is 3.59. The van der Waals surface area contributed by atoms with Crippen LogP contribution >= 0.6 is 15.9 Å². The van der Waals surface area contributed by atoms with E-state index in [1.807, 2.05) is 13.0 Å². The second kappa shape index (κ2) is 5.08. The molecular formula is C13H16BrNO2. The van der Waals surface area contributed by atoms with E-state index in [4.69, 9.17) is 0 Å². The van der Waals surface area contributed by atoms with Gasteiger partial charge in [-0.2, -0.15) is 0 Å². The van der Waals surface area contributed by atoms with Crippen molar-refractivity contribution in [2.45, 2.75) is 32.6 Å². The number of hydrogen-bond donors (Lipinski definition) is 2. The van der Waals surface area contributed by atoms with Crippen molar-refractivity contribution in [1.82, 2.24) is 0 Å². The number of benzene rings is 1. The molecule has 0 atom stereocenters. The zero-order chi connectivity index (χ0) is 12.4. The van der Waals surface area contributed by atoms with Crippen LogP contribution in [0, 0.1) is 12.8 Å². The van der Waals surface area contributed by atoms with Crippen molar-refractivity contribution in [2.24, 2.45) is 5.92 Å². The molecule has 4 heteroatoms. The highest BCUT2D eigenvalue weighted by Crippen LogP contribution is 2.34. The third-order valence-corrected chi connectivity index (χ3v) is 3.80. The first-order valence-corrected chi connectivity index (χ1v) is 6.67. The van der Waals surface area contributed by atoms with Crippen LogP contribution < -0.4 is 5.32 Å². The number of hydrogen-bond acceptors (Lipinski definition) is 2. The van der Waals surface area contributed by atoms with Gasteiger partial charge >= 0.3 is 0 Å². The molecule has 0 heterocycles. The zero-order valence-corrected chi connectivity index (χ0v) is 11.4. The van der Waals surface area contributed by atoms with Crippen molar-refractivity contribution in [3.8, 4) is 5.75 Å². The maximum Gasteiger partial charge on any atom is 0.227 e. The first kappa shape index (κ1) is 12.4. The van der Waals surface area contributed by atoms with E-state index < -0.39 is 0 Å². The Morgan fingerprint density at radius 3 is 2.71 bits per heavy atom. The Morgan fingerprint density at radius 1 is 1.41 bits per heavy atom. The summed E-state index contributed by atoms with van der Waals surface area (Å²) in [7, 11) is 0. The van der Waals surface area contributed by atoms with Gasteiger partial charge in [0.2, 0.25) is 5.91 Å². The summed E-state index contributed by atoms with van der Waals surface area (Å²) in [6, 6.07) is 3.60. The smallest absolute Gasteiger partial charge is 0.227 e. The molecule has 2 N–H and O–H groups in total. The number of anilines is 1. The van der Waals surface area contributed by atoms with Crippen LogP contribution in [0.5, 0.6) is 5.75 Å². The molecule has 17 heavy (non-hydrogen) atoms. The second-order valence-corrected chi connectivity index (χ2v) is 5.47. The lowest BCUT2D eigenvalue weighted by Gasteiger charge is -2.13. The first-order valence-electron chi connectivity index (χ1n) is 5.88. The summed E-state index contributed by atoms with van der Waals surface area (Å²) >= 11 is 3.27. The van der Waals surface area contributed by atoms with Gasteiger partial charge in [0.25, 0.3) is 0 Å². The summed E-state index contributed by atoms with van der Waals surface area (Å²) in [6.07, 6.45) is 4.17. The molecule has 2 rings (SSSR count). The van der Waals surface area contributed by atoms with Gasteiger partial charge in [0.15, 0.2) is 5.75 Å². The van der Waals surface area contributed by atoms with Crippen molar-refractivity contribution in [3.63, 3.8) is 0 Å². The Bertz CT molecular complexity index is 439. The molecule has 1 saturated carbocycles. The third-order valence-electron chi connectivity index (χ3n) is 3.19. The first-order chi connectivity index (χ1) is 8.08. The van der Waals surface area contributed by atoms with Gasteiger partial charge in [0.05, 0.1) is 10.2 Å². The van der Waals surface area contributed by atoms with Gasteiger partial charge in [0, 0.05) is 5.92 Å². The van der Waals surface area contributed by atoms with Crippen LogP contribution in [0.3, 0.4) is 0 Å². The van der Waals surface area contributed by atoms with Crippen molar-refractivity contribution in [2.75, 3.05) is 5.32 Å². The fourth-order valence-electron chi connectivity index (χ4n) is 2.25. The number of nitrogens with one attached hydrogen (secondary N) is 1. The van der Waals surface area contributed by atoms with Crippen molar-refractivity contribution < 1.29 is 9.90 Å². The molecule has 0 unspecified atom stereocenters. The van der Waals surface area contributed by atoms with Crippen LogP contribution in [0.4, 0.5) is 5.69 Å². The van der Waals surface area contributed by atoms with E-state index in [1.54, 1.807) is 6.07 Å². The molecule has 1 aromatic carbocycles. The van der Waals surface area contributed by atoms with E-state index in [-0.39, 0.29) is 17.6 Å². The van der Waals surface area contributed by atoms with Crippen LogP contribution in [0.15, 0.2) is 16.6 Å². The van der Waals surface area contributed by atoms with Crippen molar-refractivity contribution >= 4 is 27.5 Å². The van der Waals surface area contributed by atoms with Crippen LogP contribution in [-0.4, -0.2) is 11.0 Å². The number of carbonyl (C=O) groups excluding carboxylic acids is 1. The summed E-state index contributed by atoms with van der Waals surface area (Å²) in [5.74, 6) is 0.228. The second-order valence-electron chi connectivity index (χ2n) is 4.61. The summed E-state index contributed by atoms with van der Waals surface area (Å²) in [5, 5.41) is 12.7. The Balaban J connectivity index is 2.15. The topological polar surface area (TPSA) is 49.3 Å². The minimum absolute atomic E-state index is 0.0234. The van der Waals surface area contributed by atoms with Crippen molar-refractivity contribution in [3.05, 3.63) is 22.2 Å². The van der Waals surface area contributed by atoms with Gasteiger partial charge < -0.3 is 10.4 Å². The molecule has 1 aliphatic carbocycles. The standard InChI is InChI=1S/C13H16BrNO2/c1-8-6-10(14)12(16)11(7-8)15-13(17)9-4-2-3-5-9/h6-7,9,16H,2-5H2,1H3,(H,15,17). The molecule has 1 aromatic rings. The number of carbonyl (C=O) groups is 1. The SMILES string of the molecule is Cc1cc(Br)c(O)c(NC(=O)C2CCCC2)c1.